The third-order valence-electron chi connectivity index (χ3n) is 1.93. The molecule has 2 aromatic rings. The summed E-state index contributed by atoms with van der Waals surface area (Å²) in [4.78, 5) is 4.02. The van der Waals surface area contributed by atoms with E-state index in [-0.39, 0.29) is 0 Å². The molecular formula is C10H8ClN3O. The molecule has 15 heavy (non-hydrogen) atoms. The van der Waals surface area contributed by atoms with Gasteiger partial charge in [-0.15, -0.1) is 0 Å². The standard InChI is InChI=1S/C10H8ClN3O/c11-8-2-1-3-9(6-8)14-5-4-12-10(14)7-13-15/h1-7,15H/b13-7-. The van der Waals surface area contributed by atoms with Crippen LogP contribution in [0.2, 0.25) is 5.02 Å². The van der Waals surface area contributed by atoms with Crippen LogP contribution in [0.3, 0.4) is 0 Å². The van der Waals surface area contributed by atoms with Gasteiger partial charge in [0.05, 0.1) is 0 Å². The van der Waals surface area contributed by atoms with Crippen molar-refractivity contribution in [3.8, 4) is 5.69 Å². The van der Waals surface area contributed by atoms with Gasteiger partial charge in [-0.2, -0.15) is 0 Å². The number of oxime groups is 1. The highest BCUT2D eigenvalue weighted by atomic mass is 35.5. The summed E-state index contributed by atoms with van der Waals surface area (Å²) in [6, 6.07) is 7.33. The average Bonchev–Trinajstić information content (AvgIpc) is 2.66. The monoisotopic (exact) mass is 221 g/mol. The average molecular weight is 222 g/mol. The number of hydrogen-bond acceptors (Lipinski definition) is 3. The predicted octanol–water partition coefficient (Wildman–Crippen LogP) is 2.33. The van der Waals surface area contributed by atoms with Crippen molar-refractivity contribution in [1.29, 1.82) is 0 Å². The van der Waals surface area contributed by atoms with E-state index in [0.29, 0.717) is 10.8 Å². The van der Waals surface area contributed by atoms with Gasteiger partial charge in [-0.05, 0) is 18.2 Å². The van der Waals surface area contributed by atoms with E-state index >= 15 is 0 Å². The van der Waals surface area contributed by atoms with Crippen LogP contribution in [-0.2, 0) is 0 Å². The van der Waals surface area contributed by atoms with Crippen LogP contribution in [0.15, 0.2) is 41.8 Å². The SMILES string of the molecule is O/N=C\c1nccn1-c1cccc(Cl)c1. The first-order chi connectivity index (χ1) is 7.31. The Kier molecular flexibility index (Phi) is 2.69. The topological polar surface area (TPSA) is 50.4 Å². The number of nitrogens with zero attached hydrogens (tertiary/aromatic N) is 3. The van der Waals surface area contributed by atoms with E-state index in [0.717, 1.165) is 5.69 Å². The van der Waals surface area contributed by atoms with Gasteiger partial charge >= 0.3 is 0 Å². The lowest BCUT2D eigenvalue weighted by Crippen LogP contribution is -1.99. The highest BCUT2D eigenvalue weighted by Gasteiger charge is 2.02. The van der Waals surface area contributed by atoms with E-state index in [1.165, 1.54) is 6.21 Å². The highest BCUT2D eigenvalue weighted by molar-refractivity contribution is 6.30. The molecule has 76 valence electrons. The number of rotatable bonds is 2. The second-order valence-electron chi connectivity index (χ2n) is 2.88. The van der Waals surface area contributed by atoms with Crippen molar-refractivity contribution in [1.82, 2.24) is 9.55 Å². The van der Waals surface area contributed by atoms with E-state index in [1.807, 2.05) is 12.1 Å². The van der Waals surface area contributed by atoms with Crippen molar-refractivity contribution in [3.05, 3.63) is 47.5 Å². The molecule has 1 heterocycles. The van der Waals surface area contributed by atoms with Gasteiger partial charge < -0.3 is 5.21 Å². The quantitative estimate of drug-likeness (QED) is 0.481. The van der Waals surface area contributed by atoms with Crippen LogP contribution < -0.4 is 0 Å². The Morgan fingerprint density at radius 3 is 3.07 bits per heavy atom. The van der Waals surface area contributed by atoms with E-state index in [1.54, 1.807) is 29.1 Å². The lowest BCUT2D eigenvalue weighted by Gasteiger charge is -2.04. The van der Waals surface area contributed by atoms with Crippen molar-refractivity contribution in [2.75, 3.05) is 0 Å². The van der Waals surface area contributed by atoms with Gasteiger partial charge in [-0.3, -0.25) is 4.57 Å². The van der Waals surface area contributed by atoms with Crippen LogP contribution in [0, 0.1) is 0 Å². The third-order valence-corrected chi connectivity index (χ3v) is 2.16. The van der Waals surface area contributed by atoms with Gasteiger partial charge in [0.15, 0.2) is 5.82 Å². The van der Waals surface area contributed by atoms with Crippen molar-refractivity contribution in [3.63, 3.8) is 0 Å². The van der Waals surface area contributed by atoms with Crippen LogP contribution >= 0.6 is 11.6 Å². The molecule has 2 rings (SSSR count). The van der Waals surface area contributed by atoms with E-state index in [4.69, 9.17) is 16.8 Å². The number of benzene rings is 1. The summed E-state index contributed by atoms with van der Waals surface area (Å²) in [5.41, 5.74) is 0.870. The lowest BCUT2D eigenvalue weighted by molar-refractivity contribution is 0.321. The zero-order valence-electron chi connectivity index (χ0n) is 7.71. The molecule has 1 N–H and O–H groups in total. The summed E-state index contributed by atoms with van der Waals surface area (Å²) < 4.78 is 1.77. The maximum atomic E-state index is 8.45. The largest absolute Gasteiger partial charge is 0.411 e. The molecule has 0 fully saturated rings. The maximum Gasteiger partial charge on any atom is 0.159 e. The van der Waals surface area contributed by atoms with E-state index in [2.05, 4.69) is 10.1 Å². The highest BCUT2D eigenvalue weighted by Crippen LogP contribution is 2.15. The van der Waals surface area contributed by atoms with Gasteiger partial charge in [-0.25, -0.2) is 4.98 Å². The van der Waals surface area contributed by atoms with Crippen molar-refractivity contribution >= 4 is 17.8 Å². The van der Waals surface area contributed by atoms with Crippen molar-refractivity contribution in [2.24, 2.45) is 5.16 Å². The van der Waals surface area contributed by atoms with Gasteiger partial charge in [0, 0.05) is 23.1 Å². The smallest absolute Gasteiger partial charge is 0.159 e. The first kappa shape index (κ1) is 9.73. The molecule has 0 unspecified atom stereocenters. The molecule has 0 spiro atoms. The first-order valence-electron chi connectivity index (χ1n) is 4.28. The molecule has 0 aliphatic rings. The third kappa shape index (κ3) is 1.99. The summed E-state index contributed by atoms with van der Waals surface area (Å²) >= 11 is 5.87. The fraction of sp³-hybridized carbons (Fsp3) is 0. The summed E-state index contributed by atoms with van der Waals surface area (Å²) in [6.45, 7) is 0. The van der Waals surface area contributed by atoms with E-state index < -0.39 is 0 Å². The molecule has 0 saturated carbocycles. The second kappa shape index (κ2) is 4.14. The fourth-order valence-electron chi connectivity index (χ4n) is 1.31. The Labute approximate surface area is 91.4 Å². The summed E-state index contributed by atoms with van der Waals surface area (Å²) in [7, 11) is 0. The lowest BCUT2D eigenvalue weighted by atomic mass is 10.3. The molecular weight excluding hydrogens is 214 g/mol. The molecule has 0 aliphatic heterocycles. The first-order valence-corrected chi connectivity index (χ1v) is 4.66. The van der Waals surface area contributed by atoms with Gasteiger partial charge in [0.2, 0.25) is 0 Å². The van der Waals surface area contributed by atoms with Crippen LogP contribution in [0.5, 0.6) is 0 Å². The zero-order chi connectivity index (χ0) is 10.7. The Morgan fingerprint density at radius 1 is 1.47 bits per heavy atom. The minimum Gasteiger partial charge on any atom is -0.411 e. The van der Waals surface area contributed by atoms with Gasteiger partial charge in [0.1, 0.15) is 6.21 Å². The summed E-state index contributed by atoms with van der Waals surface area (Å²) in [5, 5.41) is 12.0. The van der Waals surface area contributed by atoms with Crippen molar-refractivity contribution in [2.45, 2.75) is 0 Å². The van der Waals surface area contributed by atoms with Crippen LogP contribution in [0.25, 0.3) is 5.69 Å². The number of aromatic nitrogens is 2. The normalized spacial score (nSPS) is 11.0. The molecule has 0 saturated heterocycles. The number of halogens is 1. The Balaban J connectivity index is 2.49. The van der Waals surface area contributed by atoms with Crippen molar-refractivity contribution < 1.29 is 5.21 Å². The van der Waals surface area contributed by atoms with Gasteiger partial charge in [0.25, 0.3) is 0 Å². The Morgan fingerprint density at radius 2 is 2.33 bits per heavy atom. The maximum absolute atomic E-state index is 8.45. The zero-order valence-corrected chi connectivity index (χ0v) is 8.46. The Hall–Kier alpha value is -1.81. The predicted molar refractivity (Wildman–Crippen MR) is 58.0 cm³/mol. The second-order valence-corrected chi connectivity index (χ2v) is 3.32. The minimum absolute atomic E-state index is 0.541. The Bertz CT molecular complexity index is 493. The molecule has 4 nitrogen and oxygen atoms in total. The van der Waals surface area contributed by atoms with Crippen LogP contribution in [-0.4, -0.2) is 21.0 Å². The van der Waals surface area contributed by atoms with Gasteiger partial charge in [-0.1, -0.05) is 22.8 Å². The van der Waals surface area contributed by atoms with Crippen LogP contribution in [0.1, 0.15) is 5.82 Å². The molecule has 0 radical (unpaired) electrons. The molecule has 5 heteroatoms. The minimum atomic E-state index is 0.541. The number of imidazole rings is 1. The molecule has 0 atom stereocenters. The molecule has 1 aromatic carbocycles. The molecule has 0 amide bonds. The summed E-state index contributed by atoms with van der Waals surface area (Å²) in [6.07, 6.45) is 4.65. The summed E-state index contributed by atoms with van der Waals surface area (Å²) in [5.74, 6) is 0.541. The fourth-order valence-corrected chi connectivity index (χ4v) is 1.49. The molecule has 0 bridgehead atoms. The van der Waals surface area contributed by atoms with Crippen LogP contribution in [0.4, 0.5) is 0 Å². The molecule has 1 aromatic heterocycles. The number of hydrogen-bond donors (Lipinski definition) is 1. The molecule has 0 aliphatic carbocycles. The van der Waals surface area contributed by atoms with E-state index in [9.17, 15) is 0 Å².